The van der Waals surface area contributed by atoms with Crippen molar-refractivity contribution in [2.24, 2.45) is 5.92 Å². The summed E-state index contributed by atoms with van der Waals surface area (Å²) in [5, 5.41) is 14.0. The van der Waals surface area contributed by atoms with Gasteiger partial charge in [-0.3, -0.25) is 4.79 Å². The molecule has 0 saturated heterocycles. The van der Waals surface area contributed by atoms with Crippen molar-refractivity contribution in [2.45, 2.75) is 38.5 Å². The quantitative estimate of drug-likeness (QED) is 0.224. The zero-order chi connectivity index (χ0) is 26.9. The van der Waals surface area contributed by atoms with Gasteiger partial charge < -0.3 is 5.11 Å². The molecule has 1 aliphatic carbocycles. The number of aliphatic carboxylic acids is 1. The van der Waals surface area contributed by atoms with Gasteiger partial charge in [0.05, 0.1) is 42.7 Å². The predicted octanol–water partition coefficient (Wildman–Crippen LogP) is 5.75. The van der Waals surface area contributed by atoms with Crippen molar-refractivity contribution in [2.75, 3.05) is 14.1 Å². The molecule has 0 radical (unpaired) electrons. The fourth-order valence-corrected chi connectivity index (χ4v) is 5.74. The summed E-state index contributed by atoms with van der Waals surface area (Å²) in [6.45, 7) is 10.00. The van der Waals surface area contributed by atoms with Gasteiger partial charge in [0.2, 0.25) is 5.70 Å². The fourth-order valence-electron chi connectivity index (χ4n) is 4.85. The molecule has 3 aromatic rings. The molecule has 2 heterocycles. The first-order chi connectivity index (χ1) is 17.6. The highest BCUT2D eigenvalue weighted by Gasteiger charge is 2.33. The van der Waals surface area contributed by atoms with E-state index in [1.807, 2.05) is 26.1 Å². The molecule has 7 nitrogen and oxygen atoms in total. The minimum absolute atomic E-state index is 0.132. The Morgan fingerprint density at radius 3 is 2.43 bits per heavy atom. The van der Waals surface area contributed by atoms with Crippen LogP contribution in [0.2, 0.25) is 0 Å². The van der Waals surface area contributed by atoms with Crippen molar-refractivity contribution in [1.82, 2.24) is 14.6 Å². The van der Waals surface area contributed by atoms with Gasteiger partial charge in [-0.2, -0.15) is 0 Å². The molecule has 1 aliphatic rings. The van der Waals surface area contributed by atoms with Crippen LogP contribution in [0.3, 0.4) is 0 Å². The average Bonchev–Trinajstić information content (AvgIpc) is 3.27. The zero-order valence-electron chi connectivity index (χ0n) is 21.3. The number of nitrogens with zero attached hydrogens (tertiary/aromatic N) is 5. The van der Waals surface area contributed by atoms with E-state index in [0.29, 0.717) is 29.7 Å². The van der Waals surface area contributed by atoms with Crippen LogP contribution in [0.25, 0.3) is 16.9 Å². The monoisotopic (exact) mass is 567 g/mol. The Hall–Kier alpha value is -3.46. The maximum Gasteiger partial charge on any atom is 0.324 e. The highest BCUT2D eigenvalue weighted by molar-refractivity contribution is 9.10. The minimum Gasteiger partial charge on any atom is -0.481 e. The van der Waals surface area contributed by atoms with Gasteiger partial charge in [-0.15, -0.1) is 0 Å². The van der Waals surface area contributed by atoms with Crippen LogP contribution in [-0.2, 0) is 4.79 Å². The summed E-state index contributed by atoms with van der Waals surface area (Å²) >= 11 is 3.73. The van der Waals surface area contributed by atoms with Gasteiger partial charge in [0.25, 0.3) is 5.65 Å². The lowest BCUT2D eigenvalue weighted by Crippen LogP contribution is -2.21. The summed E-state index contributed by atoms with van der Waals surface area (Å²) in [5.41, 5.74) is 4.41. The molecule has 192 valence electrons. The second-order valence-corrected chi connectivity index (χ2v) is 10.4. The van der Waals surface area contributed by atoms with Crippen LogP contribution in [0.4, 0.5) is 10.2 Å². The molecule has 0 aliphatic heterocycles. The van der Waals surface area contributed by atoms with E-state index in [-0.39, 0.29) is 17.7 Å². The maximum atomic E-state index is 14.5. The van der Waals surface area contributed by atoms with Gasteiger partial charge in [0.1, 0.15) is 24.1 Å². The second kappa shape index (κ2) is 10.9. The molecule has 1 N–H and O–H groups in total. The van der Waals surface area contributed by atoms with Crippen molar-refractivity contribution in [3.63, 3.8) is 0 Å². The largest absolute Gasteiger partial charge is 0.481 e. The van der Waals surface area contributed by atoms with Crippen LogP contribution in [0.15, 0.2) is 47.1 Å². The molecular formula is C28H31BrFN5O2+2. The number of fused-ring (bicyclic) bond motifs is 1. The van der Waals surface area contributed by atoms with Gasteiger partial charge in [-0.05, 0) is 66.2 Å². The Labute approximate surface area is 224 Å². The van der Waals surface area contributed by atoms with Gasteiger partial charge in [-0.25, -0.2) is 18.5 Å². The van der Waals surface area contributed by atoms with Crippen LogP contribution >= 0.6 is 15.9 Å². The standard InChI is InChI=1S/C28H30BrFN5O2/c1-17(10-15-23(33(2)3)20-8-6-7-9-22(20)30)21-16-31-35-26(21)32-25(24(29)27(35)34(4)5)18-11-13-19(14-12-18)28(36)37/h6-10,15-16,18-19H,2,4,11-14H2,1,3,5H3/q+1/p+1. The molecule has 37 heavy (non-hydrogen) atoms. The number of allylic oxidation sites excluding steroid dienone is 3. The molecule has 1 aromatic carbocycles. The lowest BCUT2D eigenvalue weighted by atomic mass is 9.80. The topological polar surface area (TPSA) is 73.5 Å². The Kier molecular flexibility index (Phi) is 7.82. The van der Waals surface area contributed by atoms with Crippen molar-refractivity contribution >= 4 is 58.1 Å². The molecular weight excluding hydrogens is 537 g/mol. The average molecular weight is 568 g/mol. The molecule has 4 rings (SSSR count). The first-order valence-corrected chi connectivity index (χ1v) is 12.9. The number of rotatable bonds is 7. The summed E-state index contributed by atoms with van der Waals surface area (Å²) in [7, 11) is 3.62. The van der Waals surface area contributed by atoms with Crippen LogP contribution in [-0.4, -0.2) is 62.4 Å². The van der Waals surface area contributed by atoms with Crippen molar-refractivity contribution < 1.29 is 23.4 Å². The van der Waals surface area contributed by atoms with Gasteiger partial charge in [-0.1, -0.05) is 27.8 Å². The molecule has 0 amide bonds. The number of benzene rings is 1. The van der Waals surface area contributed by atoms with Crippen LogP contribution in [0.1, 0.15) is 55.3 Å². The number of halogens is 2. The van der Waals surface area contributed by atoms with E-state index in [2.05, 4.69) is 34.5 Å². The SMILES string of the molecule is C=[N+](C)C(=CC=C(C)c1cnn2c([N+](=C)C)c(Br)c(C3CCC(C(=O)O)CC3)nc12)c1ccccc1F. The maximum absolute atomic E-state index is 14.5. The van der Waals surface area contributed by atoms with Gasteiger partial charge >= 0.3 is 11.8 Å². The van der Waals surface area contributed by atoms with E-state index >= 15 is 0 Å². The first kappa shape index (κ1) is 26.6. The molecule has 0 bridgehead atoms. The summed E-state index contributed by atoms with van der Waals surface area (Å²) in [5.74, 6) is -0.449. The van der Waals surface area contributed by atoms with E-state index in [0.717, 1.165) is 40.0 Å². The van der Waals surface area contributed by atoms with E-state index in [1.54, 1.807) is 45.1 Å². The number of aromatic nitrogens is 3. The normalized spacial score (nSPS) is 18.7. The molecule has 1 saturated carbocycles. The van der Waals surface area contributed by atoms with E-state index in [9.17, 15) is 14.3 Å². The Bertz CT molecular complexity index is 1460. The van der Waals surface area contributed by atoms with E-state index < -0.39 is 5.97 Å². The number of carboxylic acids is 1. The van der Waals surface area contributed by atoms with Crippen LogP contribution in [0, 0.1) is 11.7 Å². The smallest absolute Gasteiger partial charge is 0.324 e. The van der Waals surface area contributed by atoms with Crippen molar-refractivity contribution in [3.8, 4) is 0 Å². The van der Waals surface area contributed by atoms with Gasteiger partial charge in [0.15, 0.2) is 0 Å². The van der Waals surface area contributed by atoms with Crippen LogP contribution < -0.4 is 0 Å². The van der Waals surface area contributed by atoms with Gasteiger partial charge in [0, 0.05) is 12.0 Å². The lowest BCUT2D eigenvalue weighted by Gasteiger charge is -2.26. The Morgan fingerprint density at radius 1 is 1.16 bits per heavy atom. The Morgan fingerprint density at radius 2 is 1.84 bits per heavy atom. The number of carboxylic acid groups (broad SMARTS) is 1. The molecule has 9 heteroatoms. The second-order valence-electron chi connectivity index (χ2n) is 9.59. The third kappa shape index (κ3) is 5.32. The molecule has 1 fully saturated rings. The highest BCUT2D eigenvalue weighted by atomic mass is 79.9. The molecule has 2 aromatic heterocycles. The Balaban J connectivity index is 1.79. The summed E-state index contributed by atoms with van der Waals surface area (Å²) in [6.07, 6.45) is 8.28. The molecule has 0 spiro atoms. The van der Waals surface area contributed by atoms with E-state index in [1.165, 1.54) is 6.07 Å². The molecule has 0 unspecified atom stereocenters. The number of hydrogen-bond donors (Lipinski definition) is 1. The minimum atomic E-state index is -0.728. The first-order valence-electron chi connectivity index (χ1n) is 12.1. The van der Waals surface area contributed by atoms with E-state index in [4.69, 9.17) is 4.98 Å². The van der Waals surface area contributed by atoms with Crippen LogP contribution in [0.5, 0.6) is 0 Å². The summed E-state index contributed by atoms with van der Waals surface area (Å²) in [6, 6.07) is 6.61. The molecule has 0 atom stereocenters. The van der Waals surface area contributed by atoms with Crippen molar-refractivity contribution in [3.05, 3.63) is 69.7 Å². The third-order valence-corrected chi connectivity index (χ3v) is 7.65. The number of hydrogen-bond acceptors (Lipinski definition) is 3. The third-order valence-electron chi connectivity index (χ3n) is 6.89. The lowest BCUT2D eigenvalue weighted by molar-refractivity contribution is -0.401. The predicted molar refractivity (Wildman–Crippen MR) is 147 cm³/mol. The zero-order valence-corrected chi connectivity index (χ0v) is 22.9. The van der Waals surface area contributed by atoms with Crippen molar-refractivity contribution in [1.29, 1.82) is 0 Å². The summed E-state index contributed by atoms with van der Waals surface area (Å²) in [4.78, 5) is 16.5. The highest BCUT2D eigenvalue weighted by Crippen LogP contribution is 2.41. The fraction of sp³-hybridized carbons (Fsp3) is 0.321. The summed E-state index contributed by atoms with van der Waals surface area (Å²) < 4.78 is 20.4. The number of carbonyl (C=O) groups is 1.